The molecule has 0 spiro atoms. The summed E-state index contributed by atoms with van der Waals surface area (Å²) >= 11 is 1.70. The van der Waals surface area contributed by atoms with Gasteiger partial charge >= 0.3 is 0 Å². The molecule has 0 saturated heterocycles. The van der Waals surface area contributed by atoms with Crippen LogP contribution in [0.5, 0.6) is 0 Å². The van der Waals surface area contributed by atoms with Gasteiger partial charge in [-0.05, 0) is 17.7 Å². The SMILES string of the molecule is N=C(CSc1ccccc1)c1ccccc1. The van der Waals surface area contributed by atoms with Gasteiger partial charge in [-0.1, -0.05) is 48.5 Å². The normalized spacial score (nSPS) is 10.0. The predicted molar refractivity (Wildman–Crippen MR) is 70.4 cm³/mol. The molecular formula is C14H13NS. The van der Waals surface area contributed by atoms with Crippen LogP contribution in [0.1, 0.15) is 5.56 Å². The fourth-order valence-corrected chi connectivity index (χ4v) is 2.22. The van der Waals surface area contributed by atoms with Crippen molar-refractivity contribution in [3.63, 3.8) is 0 Å². The molecule has 1 N–H and O–H groups in total. The summed E-state index contributed by atoms with van der Waals surface area (Å²) in [6, 6.07) is 20.1. The van der Waals surface area contributed by atoms with Crippen molar-refractivity contribution >= 4 is 17.5 Å². The Labute approximate surface area is 100 Å². The Kier molecular flexibility index (Phi) is 3.78. The van der Waals surface area contributed by atoms with Gasteiger partial charge in [0.1, 0.15) is 0 Å². The molecule has 2 rings (SSSR count). The molecule has 0 radical (unpaired) electrons. The maximum Gasteiger partial charge on any atom is 0.0488 e. The predicted octanol–water partition coefficient (Wildman–Crippen LogP) is 3.85. The summed E-state index contributed by atoms with van der Waals surface area (Å²) in [6.45, 7) is 0. The largest absolute Gasteiger partial charge is 0.304 e. The van der Waals surface area contributed by atoms with E-state index in [4.69, 9.17) is 5.41 Å². The van der Waals surface area contributed by atoms with Crippen molar-refractivity contribution in [2.24, 2.45) is 0 Å². The van der Waals surface area contributed by atoms with Crippen molar-refractivity contribution in [3.05, 3.63) is 66.2 Å². The highest BCUT2D eigenvalue weighted by molar-refractivity contribution is 8.00. The standard InChI is InChI=1S/C14H13NS/c15-14(12-7-3-1-4-8-12)11-16-13-9-5-2-6-10-13/h1-10,15H,11H2. The highest BCUT2D eigenvalue weighted by Gasteiger charge is 2.01. The van der Waals surface area contributed by atoms with Gasteiger partial charge in [-0.15, -0.1) is 11.8 Å². The fraction of sp³-hybridized carbons (Fsp3) is 0.0714. The average molecular weight is 227 g/mol. The quantitative estimate of drug-likeness (QED) is 0.622. The fourth-order valence-electron chi connectivity index (χ4n) is 1.39. The Hall–Kier alpha value is -1.54. The number of benzene rings is 2. The van der Waals surface area contributed by atoms with Gasteiger partial charge < -0.3 is 5.41 Å². The van der Waals surface area contributed by atoms with E-state index in [2.05, 4.69) is 12.1 Å². The second kappa shape index (κ2) is 5.52. The lowest BCUT2D eigenvalue weighted by Gasteiger charge is -2.03. The molecule has 2 aromatic rings. The highest BCUT2D eigenvalue weighted by atomic mass is 32.2. The van der Waals surface area contributed by atoms with Gasteiger partial charge in [0.2, 0.25) is 0 Å². The van der Waals surface area contributed by atoms with E-state index in [0.29, 0.717) is 11.5 Å². The molecule has 0 atom stereocenters. The zero-order chi connectivity index (χ0) is 11.2. The van der Waals surface area contributed by atoms with Crippen LogP contribution in [-0.2, 0) is 0 Å². The van der Waals surface area contributed by atoms with Crippen LogP contribution in [0, 0.1) is 5.41 Å². The van der Waals surface area contributed by atoms with Crippen LogP contribution in [0.3, 0.4) is 0 Å². The number of hydrogen-bond donors (Lipinski definition) is 1. The van der Waals surface area contributed by atoms with Crippen LogP contribution in [-0.4, -0.2) is 11.5 Å². The Morgan fingerprint density at radius 3 is 2.06 bits per heavy atom. The molecule has 0 bridgehead atoms. The van der Waals surface area contributed by atoms with Crippen molar-refractivity contribution in [3.8, 4) is 0 Å². The molecule has 0 fully saturated rings. The van der Waals surface area contributed by atoms with Crippen LogP contribution < -0.4 is 0 Å². The maximum absolute atomic E-state index is 7.96. The van der Waals surface area contributed by atoms with E-state index in [-0.39, 0.29) is 0 Å². The summed E-state index contributed by atoms with van der Waals surface area (Å²) in [5, 5.41) is 7.96. The molecule has 0 aliphatic carbocycles. The Morgan fingerprint density at radius 1 is 0.875 bits per heavy atom. The lowest BCUT2D eigenvalue weighted by molar-refractivity contribution is 1.44. The summed E-state index contributed by atoms with van der Waals surface area (Å²) in [5.74, 6) is 0.716. The van der Waals surface area contributed by atoms with Gasteiger partial charge in [0, 0.05) is 16.4 Å². The van der Waals surface area contributed by atoms with Crippen LogP contribution in [0.15, 0.2) is 65.6 Å². The number of thioether (sulfide) groups is 1. The molecule has 2 heteroatoms. The van der Waals surface area contributed by atoms with Crippen LogP contribution >= 0.6 is 11.8 Å². The minimum absolute atomic E-state index is 0.675. The van der Waals surface area contributed by atoms with Crippen molar-refractivity contribution in [1.29, 1.82) is 5.41 Å². The van der Waals surface area contributed by atoms with Gasteiger partial charge in [0.15, 0.2) is 0 Å². The molecule has 0 amide bonds. The highest BCUT2D eigenvalue weighted by Crippen LogP contribution is 2.18. The lowest BCUT2D eigenvalue weighted by atomic mass is 10.1. The first kappa shape index (κ1) is 11.0. The first-order valence-electron chi connectivity index (χ1n) is 5.17. The second-order valence-electron chi connectivity index (χ2n) is 3.45. The molecular weight excluding hydrogens is 214 g/mol. The summed E-state index contributed by atoms with van der Waals surface area (Å²) in [7, 11) is 0. The smallest absolute Gasteiger partial charge is 0.0488 e. The Bertz CT molecular complexity index is 451. The van der Waals surface area contributed by atoms with E-state index < -0.39 is 0 Å². The minimum atomic E-state index is 0.675. The average Bonchev–Trinajstić information content (AvgIpc) is 2.38. The monoisotopic (exact) mass is 227 g/mol. The molecule has 1 nitrogen and oxygen atoms in total. The van der Waals surface area contributed by atoms with E-state index in [9.17, 15) is 0 Å². The first-order chi connectivity index (χ1) is 7.86. The molecule has 0 heterocycles. The molecule has 0 aromatic heterocycles. The topological polar surface area (TPSA) is 23.9 Å². The summed E-state index contributed by atoms with van der Waals surface area (Å²) in [4.78, 5) is 1.21. The second-order valence-corrected chi connectivity index (χ2v) is 4.50. The van der Waals surface area contributed by atoms with E-state index in [1.165, 1.54) is 4.90 Å². The third-order valence-electron chi connectivity index (χ3n) is 2.25. The molecule has 0 unspecified atom stereocenters. The first-order valence-corrected chi connectivity index (χ1v) is 6.15. The van der Waals surface area contributed by atoms with E-state index in [0.717, 1.165) is 5.56 Å². The van der Waals surface area contributed by atoms with Crippen LogP contribution in [0.2, 0.25) is 0 Å². The lowest BCUT2D eigenvalue weighted by Crippen LogP contribution is -2.01. The molecule has 80 valence electrons. The van der Waals surface area contributed by atoms with Crippen molar-refractivity contribution in [2.45, 2.75) is 4.90 Å². The van der Waals surface area contributed by atoms with Crippen LogP contribution in [0.4, 0.5) is 0 Å². The maximum atomic E-state index is 7.96. The molecule has 0 aliphatic heterocycles. The van der Waals surface area contributed by atoms with E-state index in [1.807, 2.05) is 48.5 Å². The molecule has 0 saturated carbocycles. The molecule has 2 aromatic carbocycles. The van der Waals surface area contributed by atoms with Gasteiger partial charge in [-0.2, -0.15) is 0 Å². The van der Waals surface area contributed by atoms with Crippen molar-refractivity contribution in [1.82, 2.24) is 0 Å². The molecule has 0 aliphatic rings. The minimum Gasteiger partial charge on any atom is -0.304 e. The zero-order valence-corrected chi connectivity index (χ0v) is 9.71. The van der Waals surface area contributed by atoms with Gasteiger partial charge in [-0.3, -0.25) is 0 Å². The number of rotatable bonds is 4. The van der Waals surface area contributed by atoms with Gasteiger partial charge in [0.25, 0.3) is 0 Å². The Balaban J connectivity index is 1.95. The van der Waals surface area contributed by atoms with Gasteiger partial charge in [-0.25, -0.2) is 0 Å². The van der Waals surface area contributed by atoms with Crippen LogP contribution in [0.25, 0.3) is 0 Å². The van der Waals surface area contributed by atoms with Crippen molar-refractivity contribution < 1.29 is 0 Å². The number of hydrogen-bond acceptors (Lipinski definition) is 2. The number of nitrogens with one attached hydrogen (secondary N) is 1. The zero-order valence-electron chi connectivity index (χ0n) is 8.89. The van der Waals surface area contributed by atoms with E-state index >= 15 is 0 Å². The van der Waals surface area contributed by atoms with E-state index in [1.54, 1.807) is 11.8 Å². The third-order valence-corrected chi connectivity index (χ3v) is 3.29. The third kappa shape index (κ3) is 2.97. The van der Waals surface area contributed by atoms with Crippen molar-refractivity contribution in [2.75, 3.05) is 5.75 Å². The summed E-state index contributed by atoms with van der Waals surface area (Å²) in [5.41, 5.74) is 1.68. The Morgan fingerprint density at radius 2 is 1.44 bits per heavy atom. The summed E-state index contributed by atoms with van der Waals surface area (Å²) in [6.07, 6.45) is 0. The molecule has 16 heavy (non-hydrogen) atoms. The van der Waals surface area contributed by atoms with Gasteiger partial charge in [0.05, 0.1) is 0 Å². The summed E-state index contributed by atoms with van der Waals surface area (Å²) < 4.78 is 0.